The number of amides is 3. The van der Waals surface area contributed by atoms with E-state index in [0.29, 0.717) is 6.54 Å². The van der Waals surface area contributed by atoms with Crippen LogP contribution in [0.1, 0.15) is 49.5 Å². The van der Waals surface area contributed by atoms with Gasteiger partial charge in [-0.2, -0.15) is 0 Å². The Morgan fingerprint density at radius 2 is 1.71 bits per heavy atom. The topological polar surface area (TPSA) is 104 Å². The van der Waals surface area contributed by atoms with Crippen molar-refractivity contribution in [1.29, 1.82) is 0 Å². The zero-order chi connectivity index (χ0) is 25.8. The van der Waals surface area contributed by atoms with Gasteiger partial charge in [-0.3, -0.25) is 14.4 Å². The second kappa shape index (κ2) is 11.3. The van der Waals surface area contributed by atoms with Crippen molar-refractivity contribution in [3.63, 3.8) is 0 Å². The van der Waals surface area contributed by atoms with Gasteiger partial charge in [0.1, 0.15) is 10.9 Å². The van der Waals surface area contributed by atoms with E-state index >= 15 is 0 Å². The summed E-state index contributed by atoms with van der Waals surface area (Å²) in [5, 5.41) is 2.87. The standard InChI is InChI=1S/C25H30BrN3O5S/c1-17(2)15-27-24(31)18(3)28(16-19-10-12-20(26)13-11-19)23(30)9-6-14-29-25(32)21-7-4-5-8-22(21)35(29,33)34/h4-5,7-8,10-13,17-18H,6,9,14-16H2,1-3H3,(H,27,31). The van der Waals surface area contributed by atoms with Crippen molar-refractivity contribution in [2.75, 3.05) is 13.1 Å². The largest absolute Gasteiger partial charge is 0.354 e. The highest BCUT2D eigenvalue weighted by molar-refractivity contribution is 9.10. The van der Waals surface area contributed by atoms with E-state index in [4.69, 9.17) is 0 Å². The van der Waals surface area contributed by atoms with Crippen LogP contribution in [0.25, 0.3) is 0 Å². The first kappa shape index (κ1) is 26.9. The minimum atomic E-state index is -3.92. The van der Waals surface area contributed by atoms with Crippen LogP contribution in [0.3, 0.4) is 0 Å². The summed E-state index contributed by atoms with van der Waals surface area (Å²) in [4.78, 5) is 40.0. The predicted octanol–water partition coefficient (Wildman–Crippen LogP) is 3.56. The molecule has 3 rings (SSSR count). The molecule has 0 saturated carbocycles. The number of halogens is 1. The molecule has 0 spiro atoms. The normalized spacial score (nSPS) is 15.1. The highest BCUT2D eigenvalue weighted by Crippen LogP contribution is 2.30. The Balaban J connectivity index is 1.69. The van der Waals surface area contributed by atoms with E-state index in [1.54, 1.807) is 19.1 Å². The van der Waals surface area contributed by atoms with E-state index < -0.39 is 22.0 Å². The molecule has 0 radical (unpaired) electrons. The summed E-state index contributed by atoms with van der Waals surface area (Å²) >= 11 is 3.39. The Morgan fingerprint density at radius 3 is 2.34 bits per heavy atom. The van der Waals surface area contributed by atoms with Gasteiger partial charge in [0.25, 0.3) is 15.9 Å². The summed E-state index contributed by atoms with van der Waals surface area (Å²) in [7, 11) is -3.92. The van der Waals surface area contributed by atoms with Gasteiger partial charge in [-0.05, 0) is 49.1 Å². The van der Waals surface area contributed by atoms with E-state index in [1.165, 1.54) is 17.0 Å². The zero-order valence-corrected chi connectivity index (χ0v) is 22.4. The SMILES string of the molecule is CC(C)CNC(=O)C(C)N(Cc1ccc(Br)cc1)C(=O)CCCN1C(=O)c2ccccc2S1(=O)=O. The van der Waals surface area contributed by atoms with Crippen LogP contribution in [0.5, 0.6) is 0 Å². The first-order valence-electron chi connectivity index (χ1n) is 11.5. The van der Waals surface area contributed by atoms with Crippen LogP contribution in [0.15, 0.2) is 57.9 Å². The van der Waals surface area contributed by atoms with Crippen molar-refractivity contribution in [2.45, 2.75) is 51.1 Å². The average molecular weight is 565 g/mol. The Morgan fingerprint density at radius 1 is 1.06 bits per heavy atom. The van der Waals surface area contributed by atoms with Crippen molar-refractivity contribution in [3.05, 3.63) is 64.1 Å². The van der Waals surface area contributed by atoms with Gasteiger partial charge in [0, 0.05) is 30.5 Å². The molecular formula is C25H30BrN3O5S. The summed E-state index contributed by atoms with van der Waals surface area (Å²) in [6.07, 6.45) is 0.142. The van der Waals surface area contributed by atoms with E-state index in [-0.39, 0.29) is 54.1 Å². The highest BCUT2D eigenvalue weighted by Gasteiger charge is 2.40. The van der Waals surface area contributed by atoms with Crippen LogP contribution in [-0.4, -0.2) is 54.5 Å². The molecule has 0 saturated heterocycles. The molecule has 2 aromatic rings. The van der Waals surface area contributed by atoms with Gasteiger partial charge in [0.05, 0.1) is 5.56 Å². The Hall–Kier alpha value is -2.72. The van der Waals surface area contributed by atoms with Crippen LogP contribution in [0, 0.1) is 5.92 Å². The third-order valence-corrected chi connectivity index (χ3v) is 8.15. The number of fused-ring (bicyclic) bond motifs is 1. The van der Waals surface area contributed by atoms with Crippen LogP contribution in [0.2, 0.25) is 0 Å². The predicted molar refractivity (Wildman–Crippen MR) is 136 cm³/mol. The second-order valence-electron chi connectivity index (χ2n) is 8.95. The van der Waals surface area contributed by atoms with Crippen molar-refractivity contribution >= 4 is 43.7 Å². The van der Waals surface area contributed by atoms with E-state index in [2.05, 4.69) is 21.2 Å². The number of nitrogens with one attached hydrogen (secondary N) is 1. The van der Waals surface area contributed by atoms with Gasteiger partial charge in [0.2, 0.25) is 11.8 Å². The molecule has 10 heteroatoms. The first-order valence-corrected chi connectivity index (χ1v) is 13.7. The Labute approximate surface area is 214 Å². The van der Waals surface area contributed by atoms with Crippen LogP contribution < -0.4 is 5.32 Å². The molecule has 188 valence electrons. The molecule has 1 heterocycles. The molecule has 0 fully saturated rings. The maximum atomic E-state index is 13.2. The van der Waals surface area contributed by atoms with Crippen molar-refractivity contribution in [1.82, 2.24) is 14.5 Å². The number of hydrogen-bond donors (Lipinski definition) is 1. The van der Waals surface area contributed by atoms with Crippen LogP contribution in [0.4, 0.5) is 0 Å². The minimum Gasteiger partial charge on any atom is -0.354 e. The quantitative estimate of drug-likeness (QED) is 0.476. The van der Waals surface area contributed by atoms with Gasteiger partial charge in [-0.15, -0.1) is 0 Å². The Bertz CT molecular complexity index is 1200. The average Bonchev–Trinajstić information content (AvgIpc) is 3.02. The number of hydrogen-bond acceptors (Lipinski definition) is 5. The molecule has 35 heavy (non-hydrogen) atoms. The van der Waals surface area contributed by atoms with Gasteiger partial charge in [-0.1, -0.05) is 54.0 Å². The lowest BCUT2D eigenvalue weighted by Crippen LogP contribution is -2.48. The zero-order valence-electron chi connectivity index (χ0n) is 20.0. The Kier molecular flexibility index (Phi) is 8.71. The molecule has 3 amide bonds. The number of carbonyl (C=O) groups excluding carboxylic acids is 3. The maximum absolute atomic E-state index is 13.2. The van der Waals surface area contributed by atoms with Crippen LogP contribution >= 0.6 is 15.9 Å². The van der Waals surface area contributed by atoms with Gasteiger partial charge < -0.3 is 10.2 Å². The minimum absolute atomic E-state index is 0.00598. The van der Waals surface area contributed by atoms with E-state index in [9.17, 15) is 22.8 Å². The highest BCUT2D eigenvalue weighted by atomic mass is 79.9. The molecule has 0 aliphatic carbocycles. The number of benzene rings is 2. The smallest absolute Gasteiger partial charge is 0.269 e. The van der Waals surface area contributed by atoms with Crippen molar-refractivity contribution in [3.8, 4) is 0 Å². The lowest BCUT2D eigenvalue weighted by Gasteiger charge is -2.29. The molecule has 0 bridgehead atoms. The molecule has 8 nitrogen and oxygen atoms in total. The third kappa shape index (κ3) is 6.29. The van der Waals surface area contributed by atoms with Crippen molar-refractivity contribution in [2.24, 2.45) is 5.92 Å². The van der Waals surface area contributed by atoms with E-state index in [1.807, 2.05) is 38.1 Å². The van der Waals surface area contributed by atoms with Gasteiger partial charge >= 0.3 is 0 Å². The van der Waals surface area contributed by atoms with Gasteiger partial charge in [0.15, 0.2) is 0 Å². The fraction of sp³-hybridized carbons (Fsp3) is 0.400. The summed E-state index contributed by atoms with van der Waals surface area (Å²) in [5.74, 6) is -0.856. The molecule has 1 N–H and O–H groups in total. The maximum Gasteiger partial charge on any atom is 0.269 e. The summed E-state index contributed by atoms with van der Waals surface area (Å²) in [5.41, 5.74) is 1.00. The number of carbonyl (C=O) groups is 3. The fourth-order valence-electron chi connectivity index (χ4n) is 3.79. The summed E-state index contributed by atoms with van der Waals surface area (Å²) in [6.45, 7) is 6.27. The third-order valence-electron chi connectivity index (χ3n) is 5.78. The molecule has 1 unspecified atom stereocenters. The van der Waals surface area contributed by atoms with Crippen LogP contribution in [-0.2, 0) is 26.2 Å². The fourth-order valence-corrected chi connectivity index (χ4v) is 5.66. The molecule has 1 atom stereocenters. The number of nitrogens with zero attached hydrogens (tertiary/aromatic N) is 2. The van der Waals surface area contributed by atoms with Crippen molar-refractivity contribution < 1.29 is 22.8 Å². The lowest BCUT2D eigenvalue weighted by atomic mass is 10.1. The molecule has 2 aromatic carbocycles. The number of rotatable bonds is 10. The number of sulfonamides is 1. The lowest BCUT2D eigenvalue weighted by molar-refractivity contribution is -0.140. The second-order valence-corrected chi connectivity index (χ2v) is 11.7. The summed E-state index contributed by atoms with van der Waals surface area (Å²) < 4.78 is 27.2. The first-order chi connectivity index (χ1) is 16.5. The molecule has 1 aliphatic heterocycles. The monoisotopic (exact) mass is 563 g/mol. The molecular weight excluding hydrogens is 534 g/mol. The molecule has 0 aromatic heterocycles. The van der Waals surface area contributed by atoms with Gasteiger partial charge in [-0.25, -0.2) is 12.7 Å². The summed E-state index contributed by atoms with van der Waals surface area (Å²) in [6, 6.07) is 12.8. The molecule has 1 aliphatic rings. The van der Waals surface area contributed by atoms with E-state index in [0.717, 1.165) is 14.3 Å².